The smallest absolute Gasteiger partial charge is 0.221 e. The molecule has 7 heteroatoms. The average Bonchev–Trinajstić information content (AvgIpc) is 3.25. The third-order valence-corrected chi connectivity index (χ3v) is 5.89. The highest BCUT2D eigenvalue weighted by molar-refractivity contribution is 5.90. The number of hydrogen-bond acceptors (Lipinski definition) is 5. The number of carbonyl (C=O) groups excluding carboxylic acids is 1. The molecule has 0 aliphatic heterocycles. The lowest BCUT2D eigenvalue weighted by Crippen LogP contribution is -2.12. The number of fused-ring (bicyclic) bond motifs is 1. The van der Waals surface area contributed by atoms with Crippen LogP contribution in [0, 0.1) is 0 Å². The van der Waals surface area contributed by atoms with Gasteiger partial charge in [0, 0.05) is 29.9 Å². The van der Waals surface area contributed by atoms with Crippen molar-refractivity contribution >= 4 is 34.3 Å². The lowest BCUT2D eigenvalue weighted by atomic mass is 9.95. The molecule has 32 heavy (non-hydrogen) atoms. The van der Waals surface area contributed by atoms with E-state index in [1.54, 1.807) is 0 Å². The Bertz CT molecular complexity index is 1230. The van der Waals surface area contributed by atoms with E-state index in [1.165, 1.54) is 26.2 Å². The van der Waals surface area contributed by atoms with Gasteiger partial charge in [0.15, 0.2) is 22.8 Å². The molecule has 162 valence electrons. The van der Waals surface area contributed by atoms with Crippen LogP contribution in [0.5, 0.6) is 0 Å². The van der Waals surface area contributed by atoms with E-state index in [0.29, 0.717) is 17.7 Å². The van der Waals surface area contributed by atoms with Gasteiger partial charge in [-0.05, 0) is 37.1 Å². The molecular weight excluding hydrogens is 400 g/mol. The Morgan fingerprint density at radius 2 is 1.66 bits per heavy atom. The van der Waals surface area contributed by atoms with Crippen LogP contribution in [0.4, 0.5) is 17.2 Å². The molecule has 1 aliphatic carbocycles. The molecular formula is C25H26N6O. The topological polar surface area (TPSA) is 84.7 Å². The Hall–Kier alpha value is -3.74. The van der Waals surface area contributed by atoms with E-state index >= 15 is 0 Å². The molecule has 1 saturated carbocycles. The maximum atomic E-state index is 11.3. The van der Waals surface area contributed by atoms with Gasteiger partial charge in [0.2, 0.25) is 5.91 Å². The van der Waals surface area contributed by atoms with Crippen LogP contribution < -0.4 is 10.6 Å². The first-order chi connectivity index (χ1) is 15.7. The van der Waals surface area contributed by atoms with Crippen molar-refractivity contribution in [1.82, 2.24) is 19.5 Å². The molecule has 0 saturated heterocycles. The van der Waals surface area contributed by atoms with Crippen LogP contribution in [0.2, 0.25) is 0 Å². The number of imidazole rings is 1. The second-order valence-corrected chi connectivity index (χ2v) is 8.26. The minimum absolute atomic E-state index is 0.0935. The highest BCUT2D eigenvalue weighted by atomic mass is 16.1. The van der Waals surface area contributed by atoms with Crippen molar-refractivity contribution in [3.8, 4) is 11.4 Å². The molecule has 7 nitrogen and oxygen atoms in total. The highest BCUT2D eigenvalue weighted by Gasteiger charge is 2.21. The maximum Gasteiger partial charge on any atom is 0.221 e. The van der Waals surface area contributed by atoms with Gasteiger partial charge in [0.25, 0.3) is 0 Å². The molecule has 5 rings (SSSR count). The summed E-state index contributed by atoms with van der Waals surface area (Å²) in [7, 11) is 0. The van der Waals surface area contributed by atoms with Gasteiger partial charge in [0.1, 0.15) is 0 Å². The van der Waals surface area contributed by atoms with Crippen LogP contribution in [0.1, 0.15) is 45.1 Å². The number of anilines is 3. The SMILES string of the molecule is CC(=O)Nc1ccc(Nc2nc(-c3ccccc3)nc3c2ncn3C2CCCCC2)cc1. The van der Waals surface area contributed by atoms with E-state index in [1.807, 2.05) is 60.9 Å². The first kappa shape index (κ1) is 20.2. The summed E-state index contributed by atoms with van der Waals surface area (Å²) in [4.78, 5) is 25.7. The van der Waals surface area contributed by atoms with Crippen molar-refractivity contribution in [3.05, 3.63) is 60.9 Å². The second-order valence-electron chi connectivity index (χ2n) is 8.26. The van der Waals surface area contributed by atoms with Gasteiger partial charge in [0.05, 0.1) is 6.33 Å². The number of nitrogens with one attached hydrogen (secondary N) is 2. The summed E-state index contributed by atoms with van der Waals surface area (Å²) in [5.41, 5.74) is 4.21. The van der Waals surface area contributed by atoms with Crippen molar-refractivity contribution in [2.75, 3.05) is 10.6 Å². The monoisotopic (exact) mass is 426 g/mol. The van der Waals surface area contributed by atoms with Crippen LogP contribution >= 0.6 is 0 Å². The Kier molecular flexibility index (Phi) is 5.54. The summed E-state index contributed by atoms with van der Waals surface area (Å²) < 4.78 is 2.23. The van der Waals surface area contributed by atoms with Crippen molar-refractivity contribution in [1.29, 1.82) is 0 Å². The quantitative estimate of drug-likeness (QED) is 0.428. The van der Waals surface area contributed by atoms with Gasteiger partial charge in [-0.1, -0.05) is 49.6 Å². The van der Waals surface area contributed by atoms with Crippen molar-refractivity contribution < 1.29 is 4.79 Å². The molecule has 1 aliphatic rings. The molecule has 2 aromatic carbocycles. The minimum Gasteiger partial charge on any atom is -0.338 e. The second kappa shape index (κ2) is 8.78. The Morgan fingerprint density at radius 3 is 2.38 bits per heavy atom. The zero-order valence-corrected chi connectivity index (χ0v) is 18.1. The number of nitrogens with zero attached hydrogens (tertiary/aromatic N) is 4. The summed E-state index contributed by atoms with van der Waals surface area (Å²) in [6.45, 7) is 1.50. The van der Waals surface area contributed by atoms with E-state index in [9.17, 15) is 4.79 Å². The fourth-order valence-corrected chi connectivity index (χ4v) is 4.32. The van der Waals surface area contributed by atoms with E-state index in [0.717, 1.165) is 40.9 Å². The molecule has 2 N–H and O–H groups in total. The zero-order chi connectivity index (χ0) is 21.9. The molecule has 4 aromatic rings. The van der Waals surface area contributed by atoms with E-state index in [4.69, 9.17) is 15.0 Å². The highest BCUT2D eigenvalue weighted by Crippen LogP contribution is 2.33. The molecule has 2 heterocycles. The summed E-state index contributed by atoms with van der Waals surface area (Å²) in [6.07, 6.45) is 8.01. The first-order valence-corrected chi connectivity index (χ1v) is 11.1. The van der Waals surface area contributed by atoms with Gasteiger partial charge < -0.3 is 15.2 Å². The van der Waals surface area contributed by atoms with Gasteiger partial charge in [-0.15, -0.1) is 0 Å². The zero-order valence-electron chi connectivity index (χ0n) is 18.1. The molecule has 0 unspecified atom stereocenters. The van der Waals surface area contributed by atoms with Crippen LogP contribution in [0.3, 0.4) is 0 Å². The molecule has 1 amide bonds. The van der Waals surface area contributed by atoms with Crippen LogP contribution in [-0.4, -0.2) is 25.4 Å². The number of aromatic nitrogens is 4. The van der Waals surface area contributed by atoms with E-state index in [2.05, 4.69) is 15.2 Å². The standard InChI is InChI=1S/C25H26N6O/c1-17(32)27-19-12-14-20(15-13-19)28-24-22-25(30-23(29-24)18-8-4-2-5-9-18)31(16-26-22)21-10-6-3-7-11-21/h2,4-5,8-9,12-16,21H,3,6-7,10-11H2,1H3,(H,27,32)(H,28,29,30). The minimum atomic E-state index is -0.0935. The third kappa shape index (κ3) is 4.19. The summed E-state index contributed by atoms with van der Waals surface area (Å²) in [6, 6.07) is 18.0. The van der Waals surface area contributed by atoms with Gasteiger partial charge in [-0.25, -0.2) is 15.0 Å². The summed E-state index contributed by atoms with van der Waals surface area (Å²) in [5, 5.41) is 6.20. The number of benzene rings is 2. The molecule has 1 fully saturated rings. The average molecular weight is 427 g/mol. The third-order valence-electron chi connectivity index (χ3n) is 5.89. The number of amides is 1. The number of rotatable bonds is 5. The molecule has 0 atom stereocenters. The van der Waals surface area contributed by atoms with Gasteiger partial charge in [-0.2, -0.15) is 0 Å². The lowest BCUT2D eigenvalue weighted by Gasteiger charge is -2.23. The maximum absolute atomic E-state index is 11.3. The van der Waals surface area contributed by atoms with E-state index in [-0.39, 0.29) is 5.91 Å². The van der Waals surface area contributed by atoms with Crippen molar-refractivity contribution in [2.45, 2.75) is 45.1 Å². The van der Waals surface area contributed by atoms with Crippen molar-refractivity contribution in [3.63, 3.8) is 0 Å². The molecule has 0 spiro atoms. The fraction of sp³-hybridized carbons (Fsp3) is 0.280. The van der Waals surface area contributed by atoms with Crippen LogP contribution in [0.15, 0.2) is 60.9 Å². The fourth-order valence-electron chi connectivity index (χ4n) is 4.32. The molecule has 2 aromatic heterocycles. The van der Waals surface area contributed by atoms with Gasteiger partial charge >= 0.3 is 0 Å². The Morgan fingerprint density at radius 1 is 0.938 bits per heavy atom. The predicted octanol–water partition coefficient (Wildman–Crippen LogP) is 5.70. The first-order valence-electron chi connectivity index (χ1n) is 11.1. The largest absolute Gasteiger partial charge is 0.338 e. The molecule has 0 bridgehead atoms. The van der Waals surface area contributed by atoms with Crippen molar-refractivity contribution in [2.24, 2.45) is 0 Å². The van der Waals surface area contributed by atoms with Gasteiger partial charge in [-0.3, -0.25) is 4.79 Å². The normalized spacial score (nSPS) is 14.4. The Labute approximate surface area is 186 Å². The molecule has 0 radical (unpaired) electrons. The van der Waals surface area contributed by atoms with E-state index < -0.39 is 0 Å². The number of hydrogen-bond donors (Lipinski definition) is 2. The van der Waals surface area contributed by atoms with Crippen LogP contribution in [-0.2, 0) is 4.79 Å². The number of carbonyl (C=O) groups is 1. The predicted molar refractivity (Wildman–Crippen MR) is 127 cm³/mol. The van der Waals surface area contributed by atoms with Crippen LogP contribution in [0.25, 0.3) is 22.6 Å². The Balaban J connectivity index is 1.56. The lowest BCUT2D eigenvalue weighted by molar-refractivity contribution is -0.114. The summed E-state index contributed by atoms with van der Waals surface area (Å²) in [5.74, 6) is 1.26. The summed E-state index contributed by atoms with van der Waals surface area (Å²) >= 11 is 0.